The molecular formula is C12H20BrN3. The number of aromatic nitrogens is 2. The van der Waals surface area contributed by atoms with Crippen molar-refractivity contribution < 1.29 is 0 Å². The first kappa shape index (κ1) is 12.1. The van der Waals surface area contributed by atoms with Crippen LogP contribution in [0.25, 0.3) is 0 Å². The molecule has 1 atom stereocenters. The van der Waals surface area contributed by atoms with Gasteiger partial charge in [0.1, 0.15) is 0 Å². The first-order valence-corrected chi connectivity index (χ1v) is 6.84. The minimum Gasteiger partial charge on any atom is -0.316 e. The quantitative estimate of drug-likeness (QED) is 0.900. The van der Waals surface area contributed by atoms with E-state index in [4.69, 9.17) is 0 Å². The molecule has 4 heteroatoms. The second-order valence-electron chi connectivity index (χ2n) is 4.62. The minimum absolute atomic E-state index is 0.608. The molecule has 2 rings (SSSR count). The fourth-order valence-corrected chi connectivity index (χ4v) is 3.03. The summed E-state index contributed by atoms with van der Waals surface area (Å²) in [6.45, 7) is 2.15. The van der Waals surface area contributed by atoms with E-state index in [9.17, 15) is 0 Å². The van der Waals surface area contributed by atoms with E-state index in [1.54, 1.807) is 0 Å². The lowest BCUT2D eigenvalue weighted by Crippen LogP contribution is -2.30. The van der Waals surface area contributed by atoms with Crippen molar-refractivity contribution in [3.63, 3.8) is 0 Å². The van der Waals surface area contributed by atoms with Gasteiger partial charge in [0.05, 0.1) is 15.9 Å². The zero-order valence-corrected chi connectivity index (χ0v) is 11.8. The monoisotopic (exact) mass is 285 g/mol. The molecule has 16 heavy (non-hydrogen) atoms. The Morgan fingerprint density at radius 2 is 2.25 bits per heavy atom. The molecule has 1 aromatic rings. The Hall–Kier alpha value is -0.350. The summed E-state index contributed by atoms with van der Waals surface area (Å²) in [5.74, 6) is 0.872. The summed E-state index contributed by atoms with van der Waals surface area (Å²) in [7, 11) is 4.10. The fraction of sp³-hybridized carbons (Fsp3) is 0.750. The number of rotatable bonds is 5. The van der Waals surface area contributed by atoms with Gasteiger partial charge in [0, 0.05) is 19.5 Å². The van der Waals surface area contributed by atoms with Crippen molar-refractivity contribution >= 4 is 15.9 Å². The molecule has 3 nitrogen and oxygen atoms in total. The number of likely N-dealkylation sites (N-methyl/N-ethyl adjacent to an activating group) is 1. The van der Waals surface area contributed by atoms with Gasteiger partial charge in [-0.2, -0.15) is 5.10 Å². The third-order valence-electron chi connectivity index (χ3n) is 3.48. The summed E-state index contributed by atoms with van der Waals surface area (Å²) in [5, 5.41) is 7.97. The van der Waals surface area contributed by atoms with E-state index >= 15 is 0 Å². The van der Waals surface area contributed by atoms with Gasteiger partial charge in [-0.15, -0.1) is 0 Å². The predicted molar refractivity (Wildman–Crippen MR) is 69.6 cm³/mol. The molecule has 1 saturated carbocycles. The van der Waals surface area contributed by atoms with Crippen molar-refractivity contribution in [2.45, 2.75) is 38.6 Å². The summed E-state index contributed by atoms with van der Waals surface area (Å²) >= 11 is 3.68. The van der Waals surface area contributed by atoms with Gasteiger partial charge in [-0.05, 0) is 48.2 Å². The number of hydrogen-bond donors (Lipinski definition) is 1. The van der Waals surface area contributed by atoms with E-state index in [2.05, 4.69) is 40.3 Å². The number of halogens is 1. The number of nitrogens with zero attached hydrogens (tertiary/aromatic N) is 2. The molecule has 0 saturated heterocycles. The second-order valence-corrected chi connectivity index (χ2v) is 5.41. The highest BCUT2D eigenvalue weighted by Crippen LogP contribution is 2.35. The molecule has 1 fully saturated rings. The van der Waals surface area contributed by atoms with Crippen molar-refractivity contribution in [3.8, 4) is 0 Å². The van der Waals surface area contributed by atoms with Gasteiger partial charge < -0.3 is 5.32 Å². The highest BCUT2D eigenvalue weighted by Gasteiger charge is 2.31. The van der Waals surface area contributed by atoms with Gasteiger partial charge in [-0.1, -0.05) is 6.92 Å². The highest BCUT2D eigenvalue weighted by molar-refractivity contribution is 9.10. The van der Waals surface area contributed by atoms with Crippen molar-refractivity contribution in [1.29, 1.82) is 0 Å². The smallest absolute Gasteiger partial charge is 0.0766 e. The van der Waals surface area contributed by atoms with E-state index in [1.807, 2.05) is 11.7 Å². The minimum atomic E-state index is 0.608. The summed E-state index contributed by atoms with van der Waals surface area (Å²) in [5.41, 5.74) is 2.49. The van der Waals surface area contributed by atoms with Crippen LogP contribution in [0, 0.1) is 5.92 Å². The summed E-state index contributed by atoms with van der Waals surface area (Å²) < 4.78 is 3.23. The summed E-state index contributed by atoms with van der Waals surface area (Å²) in [6, 6.07) is 0.608. The Bertz CT molecular complexity index is 369. The second kappa shape index (κ2) is 4.88. The maximum atomic E-state index is 4.54. The van der Waals surface area contributed by atoms with Crippen LogP contribution in [-0.2, 0) is 19.9 Å². The van der Waals surface area contributed by atoms with Crippen LogP contribution < -0.4 is 5.32 Å². The van der Waals surface area contributed by atoms with Crippen molar-refractivity contribution in [1.82, 2.24) is 15.1 Å². The Morgan fingerprint density at radius 3 is 2.69 bits per heavy atom. The average molecular weight is 286 g/mol. The van der Waals surface area contributed by atoms with Crippen LogP contribution in [0.15, 0.2) is 4.47 Å². The summed E-state index contributed by atoms with van der Waals surface area (Å²) in [4.78, 5) is 0. The Kier molecular flexibility index (Phi) is 3.70. The largest absolute Gasteiger partial charge is 0.316 e. The van der Waals surface area contributed by atoms with Gasteiger partial charge in [0.25, 0.3) is 0 Å². The van der Waals surface area contributed by atoms with E-state index in [-0.39, 0.29) is 0 Å². The fourth-order valence-electron chi connectivity index (χ4n) is 2.25. The highest BCUT2D eigenvalue weighted by atomic mass is 79.9. The zero-order valence-electron chi connectivity index (χ0n) is 10.3. The Morgan fingerprint density at radius 1 is 1.56 bits per heavy atom. The first-order valence-electron chi connectivity index (χ1n) is 6.04. The Balaban J connectivity index is 2.16. The maximum absolute atomic E-state index is 4.54. The molecule has 1 N–H and O–H groups in total. The van der Waals surface area contributed by atoms with Gasteiger partial charge in [0.2, 0.25) is 0 Å². The topological polar surface area (TPSA) is 29.9 Å². The lowest BCUT2D eigenvalue weighted by molar-refractivity contribution is 0.484. The van der Waals surface area contributed by atoms with Crippen LogP contribution in [0.2, 0.25) is 0 Å². The molecule has 90 valence electrons. The maximum Gasteiger partial charge on any atom is 0.0766 e. The van der Waals surface area contributed by atoms with Gasteiger partial charge in [0.15, 0.2) is 0 Å². The van der Waals surface area contributed by atoms with Crippen LogP contribution in [0.4, 0.5) is 0 Å². The molecule has 0 aliphatic heterocycles. The molecule has 1 unspecified atom stereocenters. The average Bonchev–Trinajstić information content (AvgIpc) is 3.06. The molecular weight excluding hydrogens is 266 g/mol. The van der Waals surface area contributed by atoms with Crippen LogP contribution in [-0.4, -0.2) is 22.9 Å². The van der Waals surface area contributed by atoms with Crippen molar-refractivity contribution in [3.05, 3.63) is 15.9 Å². The molecule has 0 spiro atoms. The van der Waals surface area contributed by atoms with Gasteiger partial charge in [-0.3, -0.25) is 4.68 Å². The van der Waals surface area contributed by atoms with E-state index in [1.165, 1.54) is 28.7 Å². The molecule has 1 aromatic heterocycles. The third-order valence-corrected chi connectivity index (χ3v) is 4.39. The molecule has 0 radical (unpaired) electrons. The number of hydrogen-bond acceptors (Lipinski definition) is 2. The van der Waals surface area contributed by atoms with Gasteiger partial charge >= 0.3 is 0 Å². The SMILES string of the molecule is CCc1nn(C)c(CC(NC)C2CC2)c1Br. The zero-order chi connectivity index (χ0) is 11.7. The van der Waals surface area contributed by atoms with Crippen LogP contribution in [0.5, 0.6) is 0 Å². The van der Waals surface area contributed by atoms with Crippen LogP contribution in [0.3, 0.4) is 0 Å². The van der Waals surface area contributed by atoms with Crippen LogP contribution in [0.1, 0.15) is 31.2 Å². The third kappa shape index (κ3) is 2.33. The summed E-state index contributed by atoms with van der Waals surface area (Å²) in [6.07, 6.45) is 4.82. The number of nitrogens with one attached hydrogen (secondary N) is 1. The van der Waals surface area contributed by atoms with E-state index in [0.717, 1.165) is 18.8 Å². The molecule has 0 bridgehead atoms. The van der Waals surface area contributed by atoms with E-state index < -0.39 is 0 Å². The standard InChI is InChI=1S/C12H20BrN3/c1-4-9-12(13)11(16(3)15-9)7-10(14-2)8-5-6-8/h8,10,14H,4-7H2,1-3H3. The van der Waals surface area contributed by atoms with Crippen molar-refractivity contribution in [2.75, 3.05) is 7.05 Å². The normalized spacial score (nSPS) is 17.8. The molecule has 1 aliphatic rings. The van der Waals surface area contributed by atoms with Crippen LogP contribution >= 0.6 is 15.9 Å². The van der Waals surface area contributed by atoms with Crippen molar-refractivity contribution in [2.24, 2.45) is 13.0 Å². The predicted octanol–water partition coefficient (Wildman–Crippen LogP) is 2.29. The molecule has 1 aliphatic carbocycles. The lowest BCUT2D eigenvalue weighted by atomic mass is 10.1. The molecule has 0 amide bonds. The number of aryl methyl sites for hydroxylation is 2. The molecule has 1 heterocycles. The molecule has 0 aromatic carbocycles. The van der Waals surface area contributed by atoms with Gasteiger partial charge in [-0.25, -0.2) is 0 Å². The first-order chi connectivity index (χ1) is 7.67. The Labute approximate surface area is 106 Å². The lowest BCUT2D eigenvalue weighted by Gasteiger charge is -2.15. The van der Waals surface area contributed by atoms with E-state index in [0.29, 0.717) is 6.04 Å².